The van der Waals surface area contributed by atoms with E-state index in [1.807, 2.05) is 0 Å². The Balaban J connectivity index is 2.47. The summed E-state index contributed by atoms with van der Waals surface area (Å²) in [4.78, 5) is 0.144. The van der Waals surface area contributed by atoms with Gasteiger partial charge in [0, 0.05) is 12.0 Å². The minimum Gasteiger partial charge on any atom is -0.406 e. The summed E-state index contributed by atoms with van der Waals surface area (Å²) < 4.78 is 6.90. The first kappa shape index (κ1) is 21.7. The highest BCUT2D eigenvalue weighted by Gasteiger charge is 2.50. The van der Waals surface area contributed by atoms with Crippen LogP contribution in [0.4, 0.5) is 0 Å². The van der Waals surface area contributed by atoms with Gasteiger partial charge < -0.3 is 4.43 Å². The third-order valence-electron chi connectivity index (χ3n) is 4.83. The molecule has 0 aliphatic carbocycles. The van der Waals surface area contributed by atoms with E-state index in [1.54, 1.807) is 0 Å². The van der Waals surface area contributed by atoms with Gasteiger partial charge in [-0.05, 0) is 21.8 Å². The van der Waals surface area contributed by atoms with Crippen LogP contribution in [-0.4, -0.2) is 25.1 Å². The summed E-state index contributed by atoms with van der Waals surface area (Å²) in [6, 6.07) is 21.5. The molecule has 2 atom stereocenters. The molecule has 0 spiro atoms. The fourth-order valence-corrected chi connectivity index (χ4v) is 9.04. The molecule has 0 heterocycles. The Bertz CT molecular complexity index is 617. The molecule has 142 valence electrons. The van der Waals surface area contributed by atoms with Crippen LogP contribution in [0.2, 0.25) is 5.04 Å². The highest BCUT2D eigenvalue weighted by Crippen LogP contribution is 2.37. The van der Waals surface area contributed by atoms with Gasteiger partial charge in [-0.15, -0.1) is 11.6 Å². The quantitative estimate of drug-likeness (QED) is 0.366. The lowest BCUT2D eigenvalue weighted by atomic mass is 10.2. The minimum atomic E-state index is -2.47. The third kappa shape index (κ3) is 4.81. The summed E-state index contributed by atoms with van der Waals surface area (Å²) in [5, 5.41) is 2.69. The van der Waals surface area contributed by atoms with Crippen LogP contribution in [0.25, 0.3) is 0 Å². The van der Waals surface area contributed by atoms with Crippen LogP contribution in [0.5, 0.6) is 0 Å². The van der Waals surface area contributed by atoms with Crippen molar-refractivity contribution in [1.29, 1.82) is 0 Å². The maximum Gasteiger partial charge on any atom is 0.261 e. The van der Waals surface area contributed by atoms with E-state index in [-0.39, 0.29) is 15.2 Å². The molecule has 0 bridgehead atoms. The van der Waals surface area contributed by atoms with Gasteiger partial charge in [-0.3, -0.25) is 0 Å². The normalized spacial score (nSPS) is 14.8. The number of benzene rings is 2. The van der Waals surface area contributed by atoms with E-state index in [4.69, 9.17) is 16.0 Å². The zero-order valence-corrected chi connectivity index (χ0v) is 19.6. The summed E-state index contributed by atoms with van der Waals surface area (Å²) >= 11 is 10.3. The summed E-state index contributed by atoms with van der Waals surface area (Å²) in [5.41, 5.74) is 0. The molecule has 2 aromatic carbocycles. The lowest BCUT2D eigenvalue weighted by Gasteiger charge is -2.43. The maximum absolute atomic E-state index is 6.90. The van der Waals surface area contributed by atoms with Crippen molar-refractivity contribution in [1.82, 2.24) is 0 Å². The average molecular weight is 454 g/mol. The Hall–Kier alpha value is -0.613. The molecule has 0 radical (unpaired) electrons. The molecule has 4 heteroatoms. The van der Waals surface area contributed by atoms with E-state index >= 15 is 0 Å². The zero-order chi connectivity index (χ0) is 19.2. The minimum absolute atomic E-state index is 0.00497. The maximum atomic E-state index is 6.90. The van der Waals surface area contributed by atoms with Crippen LogP contribution in [0, 0.1) is 0 Å². The average Bonchev–Trinajstić information content (AvgIpc) is 2.63. The van der Waals surface area contributed by atoms with Gasteiger partial charge in [-0.2, -0.15) is 0 Å². The topological polar surface area (TPSA) is 9.23 Å². The molecular formula is C22H30BrClOSi. The SMILES string of the molecule is CCC[C@@H](Cl)[C@@H](Br)CO[Si](c1ccccc1)(c1ccccc1)C(C)(C)C. The fraction of sp³-hybridized carbons (Fsp3) is 0.455. The Morgan fingerprint density at radius 1 is 0.962 bits per heavy atom. The van der Waals surface area contributed by atoms with Crippen molar-refractivity contribution in [2.45, 2.75) is 55.8 Å². The van der Waals surface area contributed by atoms with Gasteiger partial charge in [0.1, 0.15) is 0 Å². The Labute approximate surface area is 173 Å². The van der Waals surface area contributed by atoms with Crippen molar-refractivity contribution in [3.63, 3.8) is 0 Å². The summed E-state index contributed by atoms with van der Waals surface area (Å²) in [7, 11) is -2.47. The molecule has 0 aromatic heterocycles. The largest absolute Gasteiger partial charge is 0.406 e. The number of hydrogen-bond acceptors (Lipinski definition) is 1. The van der Waals surface area contributed by atoms with Gasteiger partial charge in [0.2, 0.25) is 0 Å². The predicted molar refractivity (Wildman–Crippen MR) is 121 cm³/mol. The molecule has 0 saturated heterocycles. The van der Waals surface area contributed by atoms with Crippen molar-refractivity contribution < 1.29 is 4.43 Å². The van der Waals surface area contributed by atoms with E-state index in [0.717, 1.165) is 12.8 Å². The van der Waals surface area contributed by atoms with E-state index in [9.17, 15) is 0 Å². The molecule has 0 saturated carbocycles. The van der Waals surface area contributed by atoms with Gasteiger partial charge in [0.25, 0.3) is 8.32 Å². The van der Waals surface area contributed by atoms with E-state index in [1.165, 1.54) is 10.4 Å². The molecule has 0 aliphatic rings. The number of alkyl halides is 2. The van der Waals surface area contributed by atoms with Crippen LogP contribution in [-0.2, 0) is 4.43 Å². The van der Waals surface area contributed by atoms with Gasteiger partial charge in [-0.1, -0.05) is 111 Å². The first-order valence-corrected chi connectivity index (χ1v) is 12.6. The van der Waals surface area contributed by atoms with E-state index in [0.29, 0.717) is 6.61 Å². The van der Waals surface area contributed by atoms with Gasteiger partial charge >= 0.3 is 0 Å². The second-order valence-electron chi connectivity index (χ2n) is 7.79. The molecule has 26 heavy (non-hydrogen) atoms. The summed E-state index contributed by atoms with van der Waals surface area (Å²) in [5.74, 6) is 0. The zero-order valence-electron chi connectivity index (χ0n) is 16.2. The lowest BCUT2D eigenvalue weighted by Crippen LogP contribution is -2.67. The van der Waals surface area contributed by atoms with Gasteiger partial charge in [0.05, 0.1) is 4.83 Å². The third-order valence-corrected chi connectivity index (χ3v) is 11.6. The number of halogens is 2. The molecule has 2 rings (SSSR count). The molecular weight excluding hydrogens is 424 g/mol. The number of rotatable bonds is 8. The Morgan fingerprint density at radius 2 is 1.42 bits per heavy atom. The van der Waals surface area contributed by atoms with Crippen molar-refractivity contribution in [3.05, 3.63) is 60.7 Å². The predicted octanol–water partition coefficient (Wildman–Crippen LogP) is 5.73. The highest BCUT2D eigenvalue weighted by molar-refractivity contribution is 9.09. The van der Waals surface area contributed by atoms with Gasteiger partial charge in [-0.25, -0.2) is 0 Å². The van der Waals surface area contributed by atoms with Crippen molar-refractivity contribution in [2.24, 2.45) is 0 Å². The summed E-state index contributed by atoms with van der Waals surface area (Å²) in [6.45, 7) is 9.67. The smallest absolute Gasteiger partial charge is 0.261 e. The molecule has 0 N–H and O–H groups in total. The van der Waals surface area contributed by atoms with Crippen LogP contribution < -0.4 is 10.4 Å². The van der Waals surface area contributed by atoms with Crippen LogP contribution in [0.15, 0.2) is 60.7 Å². The molecule has 0 unspecified atom stereocenters. The number of hydrogen-bond donors (Lipinski definition) is 0. The lowest BCUT2D eigenvalue weighted by molar-refractivity contribution is 0.295. The van der Waals surface area contributed by atoms with Gasteiger partial charge in [0.15, 0.2) is 0 Å². The van der Waals surface area contributed by atoms with Crippen molar-refractivity contribution in [3.8, 4) is 0 Å². The van der Waals surface area contributed by atoms with Crippen LogP contribution in [0.3, 0.4) is 0 Å². The van der Waals surface area contributed by atoms with Crippen LogP contribution >= 0.6 is 27.5 Å². The monoisotopic (exact) mass is 452 g/mol. The van der Waals surface area contributed by atoms with Crippen molar-refractivity contribution in [2.75, 3.05) is 6.61 Å². The summed E-state index contributed by atoms with van der Waals surface area (Å²) in [6.07, 6.45) is 2.07. The van der Waals surface area contributed by atoms with E-state index < -0.39 is 8.32 Å². The van der Waals surface area contributed by atoms with Crippen LogP contribution in [0.1, 0.15) is 40.5 Å². The Morgan fingerprint density at radius 3 is 1.81 bits per heavy atom. The van der Waals surface area contributed by atoms with Crippen molar-refractivity contribution >= 4 is 46.2 Å². The molecule has 1 nitrogen and oxygen atoms in total. The molecule has 0 fully saturated rings. The molecule has 0 amide bonds. The van der Waals surface area contributed by atoms with E-state index in [2.05, 4.69) is 104 Å². The second-order valence-corrected chi connectivity index (χ2v) is 13.8. The standard InChI is InChI=1S/C22H30BrClOSi/c1-5-12-21(24)20(23)17-25-26(22(2,3)4,18-13-8-6-9-14-18)19-15-10-7-11-16-19/h6-11,13-16,20-21H,5,12,17H2,1-4H3/t20-,21+/m0/s1. The Kier molecular flexibility index (Phi) is 7.96. The second kappa shape index (κ2) is 9.54. The first-order chi connectivity index (χ1) is 12.3. The highest BCUT2D eigenvalue weighted by atomic mass is 79.9. The molecule has 2 aromatic rings. The fourth-order valence-electron chi connectivity index (χ4n) is 3.53. The first-order valence-electron chi connectivity index (χ1n) is 9.36. The molecule has 0 aliphatic heterocycles.